The van der Waals surface area contributed by atoms with Gasteiger partial charge in [-0.3, -0.25) is 9.88 Å². The van der Waals surface area contributed by atoms with E-state index in [9.17, 15) is 0 Å². The van der Waals surface area contributed by atoms with Gasteiger partial charge in [0.25, 0.3) is 0 Å². The summed E-state index contributed by atoms with van der Waals surface area (Å²) in [6.45, 7) is 5.94. The van der Waals surface area contributed by atoms with E-state index in [1.807, 2.05) is 24.8 Å². The van der Waals surface area contributed by atoms with Gasteiger partial charge in [0.05, 0.1) is 13.2 Å². The largest absolute Gasteiger partial charge is 0.382 e. The van der Waals surface area contributed by atoms with Crippen LogP contribution >= 0.6 is 0 Å². The van der Waals surface area contributed by atoms with Crippen LogP contribution in [0.3, 0.4) is 0 Å². The molecule has 2 saturated heterocycles. The maximum absolute atomic E-state index is 5.80. The maximum atomic E-state index is 5.80. The van der Waals surface area contributed by atoms with Gasteiger partial charge in [0.15, 0.2) is 5.65 Å². The molecule has 3 aromatic heterocycles. The third-order valence-electron chi connectivity index (χ3n) is 5.81. The van der Waals surface area contributed by atoms with Crippen LogP contribution < -0.4 is 10.6 Å². The van der Waals surface area contributed by atoms with Crippen LogP contribution in [0, 0.1) is 0 Å². The van der Waals surface area contributed by atoms with Crippen molar-refractivity contribution in [2.75, 3.05) is 50.0 Å². The van der Waals surface area contributed by atoms with Crippen molar-refractivity contribution in [3.05, 3.63) is 36.9 Å². The van der Waals surface area contributed by atoms with Gasteiger partial charge in [-0.15, -0.1) is 5.10 Å². The normalized spacial score (nSPS) is 19.4. The van der Waals surface area contributed by atoms with Gasteiger partial charge in [-0.05, 0) is 18.9 Å². The Morgan fingerprint density at radius 1 is 1.07 bits per heavy atom. The summed E-state index contributed by atoms with van der Waals surface area (Å²) >= 11 is 0. The Morgan fingerprint density at radius 2 is 1.89 bits per heavy atom. The van der Waals surface area contributed by atoms with Crippen molar-refractivity contribution in [3.8, 4) is 11.1 Å². The van der Waals surface area contributed by atoms with Crippen molar-refractivity contribution < 1.29 is 4.74 Å². The second-order valence-corrected chi connectivity index (χ2v) is 7.47. The zero-order valence-corrected chi connectivity index (χ0v) is 15.9. The third-order valence-corrected chi connectivity index (χ3v) is 5.81. The van der Waals surface area contributed by atoms with Gasteiger partial charge >= 0.3 is 0 Å². The monoisotopic (exact) mass is 379 g/mol. The molecular formula is C20H25N7O. The molecule has 2 N–H and O–H groups in total. The van der Waals surface area contributed by atoms with Crippen LogP contribution in [0.15, 0.2) is 36.9 Å². The number of rotatable bonds is 3. The minimum Gasteiger partial charge on any atom is -0.382 e. The molecule has 2 aliphatic rings. The fourth-order valence-electron chi connectivity index (χ4n) is 4.33. The van der Waals surface area contributed by atoms with E-state index in [0.717, 1.165) is 56.2 Å². The number of nitrogens with zero attached hydrogens (tertiary/aromatic N) is 6. The molecule has 0 bridgehead atoms. The number of piperidine rings is 1. The Hall–Kier alpha value is -2.71. The van der Waals surface area contributed by atoms with Crippen molar-refractivity contribution >= 4 is 17.2 Å². The number of aromatic nitrogens is 4. The number of hydrogen-bond donors (Lipinski definition) is 1. The summed E-state index contributed by atoms with van der Waals surface area (Å²) in [4.78, 5) is 13.9. The summed E-state index contributed by atoms with van der Waals surface area (Å²) in [5, 5.41) is 4.29. The van der Waals surface area contributed by atoms with Crippen LogP contribution in [-0.4, -0.2) is 69.9 Å². The zero-order valence-electron chi connectivity index (χ0n) is 15.9. The summed E-state index contributed by atoms with van der Waals surface area (Å²) in [5.41, 5.74) is 9.82. The number of nitrogens with two attached hydrogens (primary N) is 1. The highest BCUT2D eigenvalue weighted by atomic mass is 16.5. The molecule has 3 aromatic rings. The molecule has 0 aliphatic carbocycles. The summed E-state index contributed by atoms with van der Waals surface area (Å²) in [7, 11) is 0. The third kappa shape index (κ3) is 3.29. The Morgan fingerprint density at radius 3 is 2.71 bits per heavy atom. The topological polar surface area (TPSA) is 84.8 Å². The van der Waals surface area contributed by atoms with E-state index in [1.165, 1.54) is 18.5 Å². The lowest BCUT2D eigenvalue weighted by Gasteiger charge is -2.41. The van der Waals surface area contributed by atoms with Crippen molar-refractivity contribution in [2.45, 2.75) is 18.9 Å². The van der Waals surface area contributed by atoms with E-state index >= 15 is 0 Å². The van der Waals surface area contributed by atoms with Gasteiger partial charge in [-0.1, -0.05) is 0 Å². The maximum Gasteiger partial charge on any atom is 0.157 e. The summed E-state index contributed by atoms with van der Waals surface area (Å²) in [6, 6.07) is 4.53. The molecular weight excluding hydrogens is 354 g/mol. The average molecular weight is 379 g/mol. The lowest BCUT2D eigenvalue weighted by Crippen LogP contribution is -2.49. The predicted octanol–water partition coefficient (Wildman–Crippen LogP) is 1.67. The first-order valence-electron chi connectivity index (χ1n) is 9.90. The van der Waals surface area contributed by atoms with Gasteiger partial charge in [-0.25, -0.2) is 9.50 Å². The fraction of sp³-hybridized carbons (Fsp3) is 0.450. The Balaban J connectivity index is 1.37. The van der Waals surface area contributed by atoms with Gasteiger partial charge in [0, 0.05) is 79.9 Å². The van der Waals surface area contributed by atoms with Gasteiger partial charge in [-0.2, -0.15) is 0 Å². The summed E-state index contributed by atoms with van der Waals surface area (Å²) < 4.78 is 7.23. The molecule has 146 valence electrons. The SMILES string of the molecule is Nc1cc2ncc(-c3cnccc3N3CCC(N4CCOCC4)CC3)cn2n1. The molecule has 8 heteroatoms. The number of nitrogen functional groups attached to an aromatic ring is 1. The van der Waals surface area contributed by atoms with Crippen molar-refractivity contribution in [2.24, 2.45) is 0 Å². The highest BCUT2D eigenvalue weighted by molar-refractivity contribution is 5.77. The van der Waals surface area contributed by atoms with Crippen molar-refractivity contribution in [3.63, 3.8) is 0 Å². The molecule has 0 spiro atoms. The van der Waals surface area contributed by atoms with Crippen LogP contribution in [0.25, 0.3) is 16.8 Å². The molecule has 5 heterocycles. The first-order valence-corrected chi connectivity index (χ1v) is 9.90. The van der Waals surface area contributed by atoms with E-state index in [-0.39, 0.29) is 0 Å². The fourth-order valence-corrected chi connectivity index (χ4v) is 4.33. The molecule has 0 amide bonds. The van der Waals surface area contributed by atoms with Crippen LogP contribution in [0.5, 0.6) is 0 Å². The van der Waals surface area contributed by atoms with Gasteiger partial charge in [0.1, 0.15) is 5.82 Å². The molecule has 8 nitrogen and oxygen atoms in total. The second-order valence-electron chi connectivity index (χ2n) is 7.47. The molecule has 28 heavy (non-hydrogen) atoms. The Bertz CT molecular complexity index is 958. The van der Waals surface area contributed by atoms with Crippen LogP contribution in [0.1, 0.15) is 12.8 Å². The minimum atomic E-state index is 0.473. The molecule has 0 atom stereocenters. The highest BCUT2D eigenvalue weighted by Gasteiger charge is 2.27. The first-order chi connectivity index (χ1) is 13.8. The lowest BCUT2D eigenvalue weighted by molar-refractivity contribution is 0.0115. The highest BCUT2D eigenvalue weighted by Crippen LogP contribution is 2.32. The number of hydrogen-bond acceptors (Lipinski definition) is 7. The smallest absolute Gasteiger partial charge is 0.157 e. The summed E-state index contributed by atoms with van der Waals surface area (Å²) in [5.74, 6) is 0.473. The standard InChI is InChI=1S/C20H25N7O/c21-19-11-20-23-12-15(14-27(20)24-19)17-13-22-4-1-18(17)26-5-2-16(3-6-26)25-7-9-28-10-8-25/h1,4,11-14,16H,2-3,5-10H2,(H2,21,24). The average Bonchev–Trinajstić information content (AvgIpc) is 3.14. The van der Waals surface area contributed by atoms with E-state index in [1.54, 1.807) is 10.6 Å². The number of anilines is 2. The zero-order chi connectivity index (χ0) is 18.9. The van der Waals surface area contributed by atoms with E-state index in [0.29, 0.717) is 11.9 Å². The molecule has 0 radical (unpaired) electrons. The molecule has 0 unspecified atom stereocenters. The number of morpholine rings is 1. The van der Waals surface area contributed by atoms with Gasteiger partial charge in [0.2, 0.25) is 0 Å². The summed E-state index contributed by atoms with van der Waals surface area (Å²) in [6.07, 6.45) is 9.98. The van der Waals surface area contributed by atoms with E-state index in [2.05, 4.69) is 30.9 Å². The van der Waals surface area contributed by atoms with Crippen LogP contribution in [0.4, 0.5) is 11.5 Å². The Kier molecular flexibility index (Phi) is 4.58. The first kappa shape index (κ1) is 17.4. The van der Waals surface area contributed by atoms with E-state index in [4.69, 9.17) is 10.5 Å². The minimum absolute atomic E-state index is 0.473. The second kappa shape index (κ2) is 7.37. The van der Waals surface area contributed by atoms with Crippen molar-refractivity contribution in [1.82, 2.24) is 24.5 Å². The van der Waals surface area contributed by atoms with Crippen molar-refractivity contribution in [1.29, 1.82) is 0 Å². The molecule has 2 fully saturated rings. The van der Waals surface area contributed by atoms with Crippen LogP contribution in [-0.2, 0) is 4.74 Å². The number of ether oxygens (including phenoxy) is 1. The molecule has 0 saturated carbocycles. The van der Waals surface area contributed by atoms with Crippen LogP contribution in [0.2, 0.25) is 0 Å². The quantitative estimate of drug-likeness (QED) is 0.741. The predicted molar refractivity (Wildman–Crippen MR) is 108 cm³/mol. The van der Waals surface area contributed by atoms with Gasteiger partial charge < -0.3 is 15.4 Å². The lowest BCUT2D eigenvalue weighted by atomic mass is 10.0. The molecule has 5 rings (SSSR count). The Labute approximate surface area is 163 Å². The molecule has 0 aromatic carbocycles. The molecule has 2 aliphatic heterocycles. The number of fused-ring (bicyclic) bond motifs is 1. The number of pyridine rings is 1. The van der Waals surface area contributed by atoms with E-state index < -0.39 is 0 Å².